The normalized spacial score (nSPS) is 19.4. The first kappa shape index (κ1) is 12.4. The highest BCUT2D eigenvalue weighted by Crippen LogP contribution is 2.25. The zero-order valence-electron chi connectivity index (χ0n) is 9.86. The predicted octanol–water partition coefficient (Wildman–Crippen LogP) is 2.69. The monoisotopic (exact) mass is 297 g/mol. The van der Waals surface area contributed by atoms with Crippen molar-refractivity contribution in [2.24, 2.45) is 0 Å². The van der Waals surface area contributed by atoms with Gasteiger partial charge in [0.05, 0.1) is 12.7 Å². The average molecular weight is 298 g/mol. The fourth-order valence-corrected chi connectivity index (χ4v) is 2.91. The van der Waals surface area contributed by atoms with E-state index in [4.69, 9.17) is 4.74 Å². The second-order valence-electron chi connectivity index (χ2n) is 4.15. The predicted molar refractivity (Wildman–Crippen MR) is 70.8 cm³/mol. The van der Waals surface area contributed by atoms with E-state index in [0.717, 1.165) is 24.7 Å². The first-order valence-electron chi connectivity index (χ1n) is 5.78. The smallest absolute Gasteiger partial charge is 0.257 e. The minimum Gasteiger partial charge on any atom is -0.496 e. The van der Waals surface area contributed by atoms with E-state index in [0.29, 0.717) is 17.4 Å². The molecule has 17 heavy (non-hydrogen) atoms. The van der Waals surface area contributed by atoms with Crippen molar-refractivity contribution in [3.05, 3.63) is 29.8 Å². The molecule has 1 aliphatic rings. The van der Waals surface area contributed by atoms with Crippen molar-refractivity contribution in [1.82, 2.24) is 4.90 Å². The van der Waals surface area contributed by atoms with Gasteiger partial charge < -0.3 is 9.64 Å². The van der Waals surface area contributed by atoms with Gasteiger partial charge in [0.2, 0.25) is 0 Å². The maximum Gasteiger partial charge on any atom is 0.257 e. The van der Waals surface area contributed by atoms with Gasteiger partial charge in [-0.15, -0.1) is 0 Å². The lowest BCUT2D eigenvalue weighted by molar-refractivity contribution is 0.0747. The molecule has 0 aliphatic carbocycles. The van der Waals surface area contributed by atoms with Crippen molar-refractivity contribution < 1.29 is 9.53 Å². The molecule has 3 nitrogen and oxygen atoms in total. The number of carbonyl (C=O) groups is 1. The Hall–Kier alpha value is -1.03. The molecule has 92 valence electrons. The number of hydrogen-bond donors (Lipinski definition) is 0. The van der Waals surface area contributed by atoms with Gasteiger partial charge in [0, 0.05) is 17.9 Å². The van der Waals surface area contributed by atoms with Gasteiger partial charge >= 0.3 is 0 Å². The number of alkyl halides is 1. The van der Waals surface area contributed by atoms with Crippen molar-refractivity contribution in [3.63, 3.8) is 0 Å². The van der Waals surface area contributed by atoms with Crippen LogP contribution in [0.1, 0.15) is 23.2 Å². The van der Waals surface area contributed by atoms with Crippen LogP contribution in [0, 0.1) is 0 Å². The number of amides is 1. The number of nitrogens with zero attached hydrogens (tertiary/aromatic N) is 1. The summed E-state index contributed by atoms with van der Waals surface area (Å²) >= 11 is 3.47. The Morgan fingerprint density at radius 3 is 3.00 bits per heavy atom. The van der Waals surface area contributed by atoms with Crippen molar-refractivity contribution >= 4 is 21.8 Å². The summed E-state index contributed by atoms with van der Waals surface area (Å²) in [6.07, 6.45) is 2.16. The van der Waals surface area contributed by atoms with Gasteiger partial charge in [-0.2, -0.15) is 0 Å². The number of carbonyl (C=O) groups excluding carboxylic acids is 1. The van der Waals surface area contributed by atoms with Crippen LogP contribution in [-0.2, 0) is 0 Å². The van der Waals surface area contributed by atoms with E-state index in [1.807, 2.05) is 29.2 Å². The van der Waals surface area contributed by atoms with Gasteiger partial charge in [-0.05, 0) is 25.0 Å². The number of rotatable bonds is 3. The van der Waals surface area contributed by atoms with Gasteiger partial charge in [-0.1, -0.05) is 28.1 Å². The molecule has 4 heteroatoms. The van der Waals surface area contributed by atoms with Gasteiger partial charge in [-0.25, -0.2) is 0 Å². The van der Waals surface area contributed by atoms with E-state index in [-0.39, 0.29) is 5.91 Å². The second-order valence-corrected chi connectivity index (χ2v) is 4.80. The Morgan fingerprint density at radius 1 is 1.53 bits per heavy atom. The molecule has 0 N–H and O–H groups in total. The van der Waals surface area contributed by atoms with Crippen LogP contribution < -0.4 is 4.74 Å². The number of benzene rings is 1. The standard InChI is InChI=1S/C13H16BrNO2/c1-17-12-7-3-2-6-11(12)13(16)15-8-4-5-10(15)9-14/h2-3,6-7,10H,4-5,8-9H2,1H3. The minimum atomic E-state index is 0.0735. The molecular formula is C13H16BrNO2. The fourth-order valence-electron chi connectivity index (χ4n) is 2.24. The van der Waals surface area contributed by atoms with Crippen LogP contribution in [0.2, 0.25) is 0 Å². The molecule has 1 aromatic carbocycles. The van der Waals surface area contributed by atoms with Crippen LogP contribution in [-0.4, -0.2) is 35.8 Å². The molecule has 0 radical (unpaired) electrons. The summed E-state index contributed by atoms with van der Waals surface area (Å²) in [6, 6.07) is 7.71. The van der Waals surface area contributed by atoms with Crippen LogP contribution in [0.4, 0.5) is 0 Å². The van der Waals surface area contributed by atoms with Crippen LogP contribution in [0.25, 0.3) is 0 Å². The van der Waals surface area contributed by atoms with Gasteiger partial charge in [0.1, 0.15) is 5.75 Å². The van der Waals surface area contributed by atoms with Gasteiger partial charge in [0.25, 0.3) is 5.91 Å². The van der Waals surface area contributed by atoms with Crippen molar-refractivity contribution in [1.29, 1.82) is 0 Å². The third-order valence-electron chi connectivity index (χ3n) is 3.15. The van der Waals surface area contributed by atoms with Crippen LogP contribution in [0.15, 0.2) is 24.3 Å². The third-order valence-corrected chi connectivity index (χ3v) is 3.90. The Labute approximate surface area is 110 Å². The van der Waals surface area contributed by atoms with Crippen molar-refractivity contribution in [3.8, 4) is 5.75 Å². The molecule has 1 amide bonds. The molecule has 1 fully saturated rings. The summed E-state index contributed by atoms with van der Waals surface area (Å²) in [4.78, 5) is 14.4. The SMILES string of the molecule is COc1ccccc1C(=O)N1CCCC1CBr. The van der Waals surface area contributed by atoms with E-state index >= 15 is 0 Å². The molecule has 1 aromatic rings. The van der Waals surface area contributed by atoms with Gasteiger partial charge in [0.15, 0.2) is 0 Å². The number of hydrogen-bond acceptors (Lipinski definition) is 2. The summed E-state index contributed by atoms with van der Waals surface area (Å²) in [5.74, 6) is 0.724. The summed E-state index contributed by atoms with van der Waals surface area (Å²) in [5, 5.41) is 0.841. The summed E-state index contributed by atoms with van der Waals surface area (Å²) in [7, 11) is 1.60. The lowest BCUT2D eigenvalue weighted by Crippen LogP contribution is -2.36. The molecular weight excluding hydrogens is 282 g/mol. The third kappa shape index (κ3) is 2.46. The van der Waals surface area contributed by atoms with Crippen LogP contribution in [0.5, 0.6) is 5.75 Å². The molecule has 1 unspecified atom stereocenters. The lowest BCUT2D eigenvalue weighted by Gasteiger charge is -2.23. The van der Waals surface area contributed by atoms with Gasteiger partial charge in [-0.3, -0.25) is 4.79 Å². The summed E-state index contributed by atoms with van der Waals surface area (Å²) < 4.78 is 5.24. The molecule has 1 saturated heterocycles. The minimum absolute atomic E-state index is 0.0735. The zero-order valence-corrected chi connectivity index (χ0v) is 11.4. The average Bonchev–Trinajstić information content (AvgIpc) is 2.86. The van der Waals surface area contributed by atoms with E-state index < -0.39 is 0 Å². The first-order valence-corrected chi connectivity index (χ1v) is 6.90. The largest absolute Gasteiger partial charge is 0.496 e. The molecule has 0 saturated carbocycles. The maximum atomic E-state index is 12.4. The van der Waals surface area contributed by atoms with E-state index in [1.165, 1.54) is 0 Å². The van der Waals surface area contributed by atoms with Crippen molar-refractivity contribution in [2.75, 3.05) is 19.0 Å². The number of para-hydroxylation sites is 1. The first-order chi connectivity index (χ1) is 8.27. The molecule has 0 bridgehead atoms. The molecule has 0 aromatic heterocycles. The Balaban J connectivity index is 2.24. The molecule has 1 heterocycles. The van der Waals surface area contributed by atoms with Crippen molar-refractivity contribution in [2.45, 2.75) is 18.9 Å². The van der Waals surface area contributed by atoms with Crippen LogP contribution >= 0.6 is 15.9 Å². The number of halogens is 1. The lowest BCUT2D eigenvalue weighted by atomic mass is 10.1. The highest BCUT2D eigenvalue weighted by atomic mass is 79.9. The number of likely N-dealkylation sites (tertiary alicyclic amines) is 1. The van der Waals surface area contributed by atoms with E-state index in [9.17, 15) is 4.79 Å². The topological polar surface area (TPSA) is 29.5 Å². The van der Waals surface area contributed by atoms with E-state index in [1.54, 1.807) is 7.11 Å². The molecule has 2 rings (SSSR count). The Kier molecular flexibility index (Phi) is 4.05. The van der Waals surface area contributed by atoms with E-state index in [2.05, 4.69) is 15.9 Å². The molecule has 1 atom stereocenters. The molecule has 0 spiro atoms. The quantitative estimate of drug-likeness (QED) is 0.803. The summed E-state index contributed by atoms with van der Waals surface area (Å²) in [6.45, 7) is 0.840. The fraction of sp³-hybridized carbons (Fsp3) is 0.462. The zero-order chi connectivity index (χ0) is 12.3. The number of methoxy groups -OCH3 is 1. The maximum absolute atomic E-state index is 12.4. The summed E-state index contributed by atoms with van der Waals surface area (Å²) in [5.41, 5.74) is 0.655. The Bertz CT molecular complexity index is 408. The number of ether oxygens (including phenoxy) is 1. The highest BCUT2D eigenvalue weighted by Gasteiger charge is 2.29. The highest BCUT2D eigenvalue weighted by molar-refractivity contribution is 9.09. The van der Waals surface area contributed by atoms with Crippen LogP contribution in [0.3, 0.4) is 0 Å². The second kappa shape index (κ2) is 5.54. The Morgan fingerprint density at radius 2 is 2.29 bits per heavy atom. The molecule has 1 aliphatic heterocycles.